The highest BCUT2D eigenvalue weighted by Crippen LogP contribution is 2.10. The Morgan fingerprint density at radius 3 is 2.75 bits per heavy atom. The summed E-state index contributed by atoms with van der Waals surface area (Å²) >= 11 is 0. The van der Waals surface area contributed by atoms with Crippen LogP contribution in [-0.2, 0) is 9.53 Å². The predicted molar refractivity (Wildman–Crippen MR) is 46.8 cm³/mol. The van der Waals surface area contributed by atoms with Crippen molar-refractivity contribution < 1.29 is 9.53 Å². The van der Waals surface area contributed by atoms with E-state index in [-0.39, 0.29) is 12.1 Å². The van der Waals surface area contributed by atoms with Crippen molar-refractivity contribution in [1.82, 2.24) is 5.32 Å². The molecule has 1 heterocycles. The maximum Gasteiger partial charge on any atom is 0.306 e. The lowest BCUT2D eigenvalue weighted by atomic mass is 10.00. The van der Waals surface area contributed by atoms with E-state index in [9.17, 15) is 4.79 Å². The van der Waals surface area contributed by atoms with Gasteiger partial charge in [0.25, 0.3) is 0 Å². The van der Waals surface area contributed by atoms with Gasteiger partial charge in [0.15, 0.2) is 0 Å². The van der Waals surface area contributed by atoms with E-state index in [0.29, 0.717) is 12.3 Å². The van der Waals surface area contributed by atoms with Crippen LogP contribution in [-0.4, -0.2) is 25.2 Å². The zero-order chi connectivity index (χ0) is 8.97. The lowest BCUT2D eigenvalue weighted by Gasteiger charge is -2.26. The van der Waals surface area contributed by atoms with Crippen molar-refractivity contribution in [3.8, 4) is 0 Å². The highest BCUT2D eigenvalue weighted by molar-refractivity contribution is 5.70. The average molecular weight is 171 g/mol. The van der Waals surface area contributed by atoms with Gasteiger partial charge in [0.2, 0.25) is 0 Å². The molecule has 0 amide bonds. The van der Waals surface area contributed by atoms with Crippen LogP contribution in [0.4, 0.5) is 0 Å². The highest BCUT2D eigenvalue weighted by Gasteiger charge is 2.21. The van der Waals surface area contributed by atoms with Crippen LogP contribution in [0, 0.1) is 5.92 Å². The van der Waals surface area contributed by atoms with Gasteiger partial charge in [-0.05, 0) is 32.4 Å². The molecule has 70 valence electrons. The van der Waals surface area contributed by atoms with E-state index in [4.69, 9.17) is 4.74 Å². The monoisotopic (exact) mass is 171 g/mol. The summed E-state index contributed by atoms with van der Waals surface area (Å²) < 4.78 is 5.14. The van der Waals surface area contributed by atoms with Gasteiger partial charge < -0.3 is 10.1 Å². The maximum atomic E-state index is 11.2. The standard InChI is InChI=1S/C9H17NO2/c1-3-7(2)12-9(11)4-8-5-10-6-8/h7-8,10H,3-6H2,1-2H3. The van der Waals surface area contributed by atoms with E-state index < -0.39 is 0 Å². The molecule has 0 bridgehead atoms. The summed E-state index contributed by atoms with van der Waals surface area (Å²) in [5.41, 5.74) is 0. The van der Waals surface area contributed by atoms with Crippen LogP contribution in [0.3, 0.4) is 0 Å². The van der Waals surface area contributed by atoms with Crippen LogP contribution in [0.2, 0.25) is 0 Å². The fourth-order valence-corrected chi connectivity index (χ4v) is 1.08. The smallest absolute Gasteiger partial charge is 0.306 e. The number of hydrogen-bond donors (Lipinski definition) is 1. The fourth-order valence-electron chi connectivity index (χ4n) is 1.08. The molecule has 1 aliphatic heterocycles. The van der Waals surface area contributed by atoms with E-state index >= 15 is 0 Å². The van der Waals surface area contributed by atoms with Crippen LogP contribution in [0.5, 0.6) is 0 Å². The lowest BCUT2D eigenvalue weighted by Crippen LogP contribution is -2.43. The van der Waals surface area contributed by atoms with Crippen molar-refractivity contribution in [3.63, 3.8) is 0 Å². The number of nitrogens with one attached hydrogen (secondary N) is 1. The number of ether oxygens (including phenoxy) is 1. The minimum absolute atomic E-state index is 0.0455. The van der Waals surface area contributed by atoms with E-state index in [2.05, 4.69) is 5.32 Å². The molecule has 1 N–H and O–H groups in total. The SMILES string of the molecule is CCC(C)OC(=O)CC1CNC1. The summed E-state index contributed by atoms with van der Waals surface area (Å²) in [4.78, 5) is 11.2. The van der Waals surface area contributed by atoms with E-state index in [1.165, 1.54) is 0 Å². The summed E-state index contributed by atoms with van der Waals surface area (Å²) in [7, 11) is 0. The van der Waals surface area contributed by atoms with Gasteiger partial charge in [-0.25, -0.2) is 0 Å². The Labute approximate surface area is 73.5 Å². The highest BCUT2D eigenvalue weighted by atomic mass is 16.5. The van der Waals surface area contributed by atoms with Gasteiger partial charge >= 0.3 is 5.97 Å². The molecule has 1 saturated heterocycles. The maximum absolute atomic E-state index is 11.2. The number of carbonyl (C=O) groups is 1. The number of hydrogen-bond acceptors (Lipinski definition) is 3. The van der Waals surface area contributed by atoms with Crippen LogP contribution < -0.4 is 5.32 Å². The van der Waals surface area contributed by atoms with Crippen molar-refractivity contribution in [2.24, 2.45) is 5.92 Å². The molecule has 0 aromatic carbocycles. The molecule has 0 aromatic heterocycles. The molecule has 12 heavy (non-hydrogen) atoms. The first-order chi connectivity index (χ1) is 5.72. The zero-order valence-electron chi connectivity index (χ0n) is 7.80. The number of rotatable bonds is 4. The summed E-state index contributed by atoms with van der Waals surface area (Å²) in [6, 6.07) is 0. The van der Waals surface area contributed by atoms with Gasteiger partial charge in [-0.15, -0.1) is 0 Å². The molecule has 1 rings (SSSR count). The summed E-state index contributed by atoms with van der Waals surface area (Å²) in [5, 5.41) is 3.13. The predicted octanol–water partition coefficient (Wildman–Crippen LogP) is 0.938. The van der Waals surface area contributed by atoms with Crippen LogP contribution in [0.15, 0.2) is 0 Å². The van der Waals surface area contributed by atoms with E-state index in [0.717, 1.165) is 19.5 Å². The van der Waals surface area contributed by atoms with Crippen molar-refractivity contribution in [2.75, 3.05) is 13.1 Å². The third kappa shape index (κ3) is 2.81. The first-order valence-corrected chi connectivity index (χ1v) is 4.62. The van der Waals surface area contributed by atoms with Crippen LogP contribution in [0.25, 0.3) is 0 Å². The molecule has 0 radical (unpaired) electrons. The third-order valence-corrected chi connectivity index (χ3v) is 2.23. The Balaban J connectivity index is 2.10. The molecule has 1 fully saturated rings. The van der Waals surface area contributed by atoms with Gasteiger partial charge in [-0.1, -0.05) is 6.92 Å². The Bertz CT molecular complexity index is 146. The third-order valence-electron chi connectivity index (χ3n) is 2.23. The Hall–Kier alpha value is -0.570. The van der Waals surface area contributed by atoms with Crippen molar-refractivity contribution in [2.45, 2.75) is 32.8 Å². The molecule has 3 heteroatoms. The van der Waals surface area contributed by atoms with Crippen molar-refractivity contribution in [3.05, 3.63) is 0 Å². The topological polar surface area (TPSA) is 38.3 Å². The minimum atomic E-state index is -0.0455. The van der Waals surface area contributed by atoms with Gasteiger partial charge in [0.05, 0.1) is 12.5 Å². The second-order valence-electron chi connectivity index (χ2n) is 3.44. The Morgan fingerprint density at radius 1 is 1.67 bits per heavy atom. The second-order valence-corrected chi connectivity index (χ2v) is 3.44. The normalized spacial score (nSPS) is 19.8. The van der Waals surface area contributed by atoms with Crippen molar-refractivity contribution >= 4 is 5.97 Å². The molecule has 0 aliphatic carbocycles. The van der Waals surface area contributed by atoms with Gasteiger partial charge in [-0.3, -0.25) is 4.79 Å². The average Bonchev–Trinajstić information content (AvgIpc) is 1.97. The zero-order valence-corrected chi connectivity index (χ0v) is 7.80. The molecule has 3 nitrogen and oxygen atoms in total. The summed E-state index contributed by atoms with van der Waals surface area (Å²) in [5.74, 6) is 0.470. The quantitative estimate of drug-likeness (QED) is 0.640. The largest absolute Gasteiger partial charge is 0.463 e. The Kier molecular flexibility index (Phi) is 3.53. The van der Waals surface area contributed by atoms with Crippen LogP contribution in [0.1, 0.15) is 26.7 Å². The molecule has 0 spiro atoms. The molecule has 1 unspecified atom stereocenters. The fraction of sp³-hybridized carbons (Fsp3) is 0.889. The molecule has 0 saturated carbocycles. The van der Waals surface area contributed by atoms with Gasteiger partial charge in [-0.2, -0.15) is 0 Å². The first-order valence-electron chi connectivity index (χ1n) is 4.62. The Morgan fingerprint density at radius 2 is 2.33 bits per heavy atom. The van der Waals surface area contributed by atoms with Crippen LogP contribution >= 0.6 is 0 Å². The first kappa shape index (κ1) is 9.52. The summed E-state index contributed by atoms with van der Waals surface area (Å²) in [6.45, 7) is 5.88. The molecule has 0 aromatic rings. The van der Waals surface area contributed by atoms with Gasteiger partial charge in [0.1, 0.15) is 0 Å². The number of carbonyl (C=O) groups excluding carboxylic acids is 1. The second kappa shape index (κ2) is 4.45. The molecule has 1 atom stereocenters. The summed E-state index contributed by atoms with van der Waals surface area (Å²) in [6.07, 6.45) is 1.55. The molecular weight excluding hydrogens is 154 g/mol. The molecular formula is C9H17NO2. The van der Waals surface area contributed by atoms with Crippen molar-refractivity contribution in [1.29, 1.82) is 0 Å². The lowest BCUT2D eigenvalue weighted by molar-refractivity contribution is -0.149. The number of esters is 1. The molecule has 1 aliphatic rings. The van der Waals surface area contributed by atoms with E-state index in [1.807, 2.05) is 13.8 Å². The van der Waals surface area contributed by atoms with E-state index in [1.54, 1.807) is 0 Å². The van der Waals surface area contributed by atoms with Gasteiger partial charge in [0, 0.05) is 0 Å². The minimum Gasteiger partial charge on any atom is -0.463 e.